The third-order valence-electron chi connectivity index (χ3n) is 2.48. The molecule has 0 aliphatic heterocycles. The zero-order valence-electron chi connectivity index (χ0n) is 10.8. The second-order valence-electron chi connectivity index (χ2n) is 3.89. The number of carbonyl (C=O) groups is 1. The lowest BCUT2D eigenvalue weighted by Crippen LogP contribution is -2.14. The van der Waals surface area contributed by atoms with Gasteiger partial charge >= 0.3 is 6.09 Å². The number of halogens is 1. The summed E-state index contributed by atoms with van der Waals surface area (Å²) in [4.78, 5) is 16.8. The fourth-order valence-electron chi connectivity index (χ4n) is 1.51. The number of hydrogen-bond acceptors (Lipinski definition) is 4. The molecule has 4 nitrogen and oxygen atoms in total. The number of benzene rings is 1. The normalized spacial score (nSPS) is 10.1. The number of pyridine rings is 1. The zero-order chi connectivity index (χ0) is 14.4. The maximum atomic E-state index is 11.7. The minimum absolute atomic E-state index is 0.235. The average Bonchev–Trinajstić information content (AvgIpc) is 2.48. The van der Waals surface area contributed by atoms with Crippen molar-refractivity contribution in [1.82, 2.24) is 4.98 Å². The first kappa shape index (κ1) is 14.9. The molecule has 0 saturated heterocycles. The standard InChI is InChI=1S/C14H13BrN2O2S/c1-20-12-7-13(16-8-11(12)15)17-14(18)19-9-10-5-3-2-4-6-10/h2-8H,9H2,1H3,(H,16,17,18). The number of amides is 1. The van der Waals surface area contributed by atoms with Crippen LogP contribution >= 0.6 is 27.7 Å². The highest BCUT2D eigenvalue weighted by molar-refractivity contribution is 9.10. The van der Waals surface area contributed by atoms with Gasteiger partial charge in [0.15, 0.2) is 0 Å². The lowest BCUT2D eigenvalue weighted by Gasteiger charge is -2.08. The highest BCUT2D eigenvalue weighted by Crippen LogP contribution is 2.26. The predicted molar refractivity (Wildman–Crippen MR) is 84.0 cm³/mol. The third-order valence-corrected chi connectivity index (χ3v) is 4.15. The molecule has 1 heterocycles. The molecule has 0 unspecified atom stereocenters. The summed E-state index contributed by atoms with van der Waals surface area (Å²) < 4.78 is 6.02. The van der Waals surface area contributed by atoms with Crippen molar-refractivity contribution in [2.45, 2.75) is 11.5 Å². The van der Waals surface area contributed by atoms with Crippen LogP contribution in [0.5, 0.6) is 0 Å². The number of aromatic nitrogens is 1. The van der Waals surface area contributed by atoms with Crippen LogP contribution < -0.4 is 5.32 Å². The highest BCUT2D eigenvalue weighted by atomic mass is 79.9. The number of hydrogen-bond donors (Lipinski definition) is 1. The molecular weight excluding hydrogens is 340 g/mol. The molecule has 0 fully saturated rings. The van der Waals surface area contributed by atoms with Crippen LogP contribution in [0.1, 0.15) is 5.56 Å². The topological polar surface area (TPSA) is 51.2 Å². The molecule has 0 spiro atoms. The van der Waals surface area contributed by atoms with Gasteiger partial charge in [-0.1, -0.05) is 30.3 Å². The number of ether oxygens (including phenoxy) is 1. The maximum absolute atomic E-state index is 11.7. The molecule has 0 aliphatic carbocycles. The van der Waals surface area contributed by atoms with Crippen molar-refractivity contribution in [3.05, 3.63) is 52.6 Å². The van der Waals surface area contributed by atoms with Crippen molar-refractivity contribution in [1.29, 1.82) is 0 Å². The highest BCUT2D eigenvalue weighted by Gasteiger charge is 2.07. The molecule has 0 radical (unpaired) electrons. The molecule has 0 saturated carbocycles. The number of carbonyl (C=O) groups excluding carboxylic acids is 1. The second kappa shape index (κ2) is 7.31. The largest absolute Gasteiger partial charge is 0.444 e. The van der Waals surface area contributed by atoms with Crippen LogP contribution in [0.15, 0.2) is 52.0 Å². The lowest BCUT2D eigenvalue weighted by molar-refractivity contribution is 0.155. The van der Waals surface area contributed by atoms with Gasteiger partial charge in [-0.25, -0.2) is 9.78 Å². The minimum atomic E-state index is -0.518. The van der Waals surface area contributed by atoms with Crippen LogP contribution in [-0.2, 0) is 11.3 Å². The first-order chi connectivity index (χ1) is 9.69. The minimum Gasteiger partial charge on any atom is -0.444 e. The summed E-state index contributed by atoms with van der Waals surface area (Å²) in [6.07, 6.45) is 3.09. The first-order valence-corrected chi connectivity index (χ1v) is 7.88. The smallest absolute Gasteiger partial charge is 0.413 e. The van der Waals surface area contributed by atoms with Crippen molar-refractivity contribution in [3.8, 4) is 0 Å². The Hall–Kier alpha value is -1.53. The van der Waals surface area contributed by atoms with Crippen molar-refractivity contribution in [2.24, 2.45) is 0 Å². The van der Waals surface area contributed by atoms with Gasteiger partial charge in [-0.05, 0) is 33.8 Å². The zero-order valence-corrected chi connectivity index (χ0v) is 13.2. The maximum Gasteiger partial charge on any atom is 0.413 e. The van der Waals surface area contributed by atoms with E-state index in [0.717, 1.165) is 14.9 Å². The number of thioether (sulfide) groups is 1. The molecule has 0 atom stereocenters. The SMILES string of the molecule is CSc1cc(NC(=O)OCc2ccccc2)ncc1Br. The summed E-state index contributed by atoms with van der Waals surface area (Å²) in [5.74, 6) is 0.468. The summed E-state index contributed by atoms with van der Waals surface area (Å²) >= 11 is 4.96. The molecule has 104 valence electrons. The molecular formula is C14H13BrN2O2S. The van der Waals surface area contributed by atoms with Gasteiger partial charge < -0.3 is 4.74 Å². The van der Waals surface area contributed by atoms with Crippen molar-refractivity contribution in [2.75, 3.05) is 11.6 Å². The number of nitrogens with one attached hydrogen (secondary N) is 1. The van der Waals surface area contributed by atoms with Crippen LogP contribution in [0.25, 0.3) is 0 Å². The van der Waals surface area contributed by atoms with E-state index < -0.39 is 6.09 Å². The van der Waals surface area contributed by atoms with E-state index in [0.29, 0.717) is 5.82 Å². The van der Waals surface area contributed by atoms with Gasteiger partial charge in [0.05, 0.1) is 0 Å². The molecule has 2 rings (SSSR count). The van der Waals surface area contributed by atoms with Crippen molar-refractivity contribution < 1.29 is 9.53 Å². The van der Waals surface area contributed by atoms with E-state index in [4.69, 9.17) is 4.74 Å². The van der Waals surface area contributed by atoms with E-state index in [1.54, 1.807) is 24.0 Å². The average molecular weight is 353 g/mol. The number of anilines is 1. The molecule has 0 bridgehead atoms. The predicted octanol–water partition coefficient (Wildman–Crippen LogP) is 4.31. The fraction of sp³-hybridized carbons (Fsp3) is 0.143. The Bertz CT molecular complexity index is 593. The van der Waals surface area contributed by atoms with E-state index in [1.165, 1.54) is 0 Å². The Morgan fingerprint density at radius 3 is 2.85 bits per heavy atom. The monoisotopic (exact) mass is 352 g/mol. The van der Waals surface area contributed by atoms with Gasteiger partial charge in [-0.2, -0.15) is 0 Å². The second-order valence-corrected chi connectivity index (χ2v) is 5.59. The van der Waals surface area contributed by atoms with Crippen molar-refractivity contribution in [3.63, 3.8) is 0 Å². The van der Waals surface area contributed by atoms with E-state index >= 15 is 0 Å². The summed E-state index contributed by atoms with van der Waals surface area (Å²) in [5.41, 5.74) is 0.941. The molecule has 0 aliphatic rings. The van der Waals surface area contributed by atoms with Crippen molar-refractivity contribution >= 4 is 39.6 Å². The van der Waals surface area contributed by atoms with Crippen LogP contribution in [0.3, 0.4) is 0 Å². The van der Waals surface area contributed by atoms with Gasteiger partial charge in [0.25, 0.3) is 0 Å². The van der Waals surface area contributed by atoms with Crippen LogP contribution in [0.4, 0.5) is 10.6 Å². The Balaban J connectivity index is 1.91. The van der Waals surface area contributed by atoms with E-state index in [2.05, 4.69) is 26.2 Å². The third kappa shape index (κ3) is 4.25. The van der Waals surface area contributed by atoms with E-state index in [-0.39, 0.29) is 6.61 Å². The van der Waals surface area contributed by atoms with E-state index in [1.807, 2.05) is 36.6 Å². The van der Waals surface area contributed by atoms with Gasteiger partial charge in [0.1, 0.15) is 12.4 Å². The van der Waals surface area contributed by atoms with Crippen LogP contribution in [0.2, 0.25) is 0 Å². The summed E-state index contributed by atoms with van der Waals surface area (Å²) in [7, 11) is 0. The Morgan fingerprint density at radius 1 is 1.40 bits per heavy atom. The first-order valence-electron chi connectivity index (χ1n) is 5.86. The Labute approximate surface area is 130 Å². The number of nitrogens with zero attached hydrogens (tertiary/aromatic N) is 1. The fourth-order valence-corrected chi connectivity index (χ4v) is 2.69. The molecule has 1 N–H and O–H groups in total. The summed E-state index contributed by atoms with van der Waals surface area (Å²) in [6.45, 7) is 0.235. The van der Waals surface area contributed by atoms with Crippen LogP contribution in [-0.4, -0.2) is 17.3 Å². The van der Waals surface area contributed by atoms with Gasteiger partial charge in [0, 0.05) is 15.6 Å². The molecule has 20 heavy (non-hydrogen) atoms. The van der Waals surface area contributed by atoms with E-state index in [9.17, 15) is 4.79 Å². The number of rotatable bonds is 4. The van der Waals surface area contributed by atoms with Gasteiger partial charge in [0.2, 0.25) is 0 Å². The Kier molecular flexibility index (Phi) is 5.43. The molecule has 1 aromatic heterocycles. The quantitative estimate of drug-likeness (QED) is 0.832. The van der Waals surface area contributed by atoms with Gasteiger partial charge in [-0.15, -0.1) is 11.8 Å². The summed E-state index contributed by atoms with van der Waals surface area (Å²) in [5, 5.41) is 2.61. The molecule has 1 amide bonds. The van der Waals surface area contributed by atoms with Gasteiger partial charge in [-0.3, -0.25) is 5.32 Å². The Morgan fingerprint density at radius 2 is 2.15 bits per heavy atom. The summed E-state index contributed by atoms with van der Waals surface area (Å²) in [6, 6.07) is 11.3. The molecule has 2 aromatic rings. The van der Waals surface area contributed by atoms with Crippen LogP contribution in [0, 0.1) is 0 Å². The molecule has 1 aromatic carbocycles. The molecule has 6 heteroatoms. The lowest BCUT2D eigenvalue weighted by atomic mass is 10.2.